The van der Waals surface area contributed by atoms with Crippen molar-refractivity contribution in [1.29, 1.82) is 0 Å². The quantitative estimate of drug-likeness (QED) is 0.632. The highest BCUT2D eigenvalue weighted by molar-refractivity contribution is 6.34. The number of carbonyl (C=O) groups is 2. The Labute approximate surface area is 181 Å². The predicted molar refractivity (Wildman–Crippen MR) is 120 cm³/mol. The number of halogens is 1. The van der Waals surface area contributed by atoms with Crippen molar-refractivity contribution in [3.63, 3.8) is 0 Å². The van der Waals surface area contributed by atoms with Gasteiger partial charge in [0.25, 0.3) is 11.8 Å². The molecule has 3 aromatic rings. The molecule has 2 amide bonds. The van der Waals surface area contributed by atoms with Crippen LogP contribution in [0, 0.1) is 6.92 Å². The van der Waals surface area contributed by atoms with E-state index in [2.05, 4.69) is 10.4 Å². The van der Waals surface area contributed by atoms with Crippen molar-refractivity contribution in [2.45, 2.75) is 26.7 Å². The molecule has 0 aliphatic heterocycles. The maximum Gasteiger partial charge on any atom is 0.259 e. The Morgan fingerprint density at radius 3 is 2.30 bits per heavy atom. The highest BCUT2D eigenvalue weighted by atomic mass is 35.5. The van der Waals surface area contributed by atoms with E-state index in [1.54, 1.807) is 43.2 Å². The summed E-state index contributed by atoms with van der Waals surface area (Å²) in [4.78, 5) is 26.6. The molecule has 0 fully saturated rings. The van der Waals surface area contributed by atoms with Gasteiger partial charge in [0.1, 0.15) is 0 Å². The van der Waals surface area contributed by atoms with Crippen LogP contribution in [0.25, 0.3) is 5.69 Å². The van der Waals surface area contributed by atoms with Crippen LogP contribution < -0.4 is 5.32 Å². The van der Waals surface area contributed by atoms with Crippen molar-refractivity contribution >= 4 is 29.1 Å². The smallest absolute Gasteiger partial charge is 0.259 e. The standard InChI is InChI=1S/C23H25ClN4O2/c1-14(2)21-19(13-25-28(21)17-9-6-15(3)7-10-17)22(29)26-16-8-11-18(20(24)12-16)23(30)27(4)5/h6-14H,1-5H3,(H,26,29). The number of amides is 2. The van der Waals surface area contributed by atoms with E-state index in [1.807, 2.05) is 45.0 Å². The molecule has 0 unspecified atom stereocenters. The summed E-state index contributed by atoms with van der Waals surface area (Å²) in [7, 11) is 3.32. The highest BCUT2D eigenvalue weighted by Crippen LogP contribution is 2.26. The Hall–Kier alpha value is -3.12. The van der Waals surface area contributed by atoms with Crippen molar-refractivity contribution in [3.05, 3.63) is 76.1 Å². The van der Waals surface area contributed by atoms with E-state index in [-0.39, 0.29) is 22.8 Å². The van der Waals surface area contributed by atoms with E-state index in [0.29, 0.717) is 16.8 Å². The van der Waals surface area contributed by atoms with Crippen LogP contribution in [0.3, 0.4) is 0 Å². The number of nitrogens with zero attached hydrogens (tertiary/aromatic N) is 3. The molecular weight excluding hydrogens is 400 g/mol. The van der Waals surface area contributed by atoms with Gasteiger partial charge in [0.05, 0.1) is 33.7 Å². The van der Waals surface area contributed by atoms with Gasteiger partial charge < -0.3 is 10.2 Å². The summed E-state index contributed by atoms with van der Waals surface area (Å²) in [6.45, 7) is 6.08. The fraction of sp³-hybridized carbons (Fsp3) is 0.261. The van der Waals surface area contributed by atoms with Gasteiger partial charge in [0.15, 0.2) is 0 Å². The van der Waals surface area contributed by atoms with Gasteiger partial charge in [0.2, 0.25) is 0 Å². The summed E-state index contributed by atoms with van der Waals surface area (Å²) in [6, 6.07) is 12.8. The Bertz CT molecular complexity index is 1090. The molecule has 0 aliphatic rings. The number of hydrogen-bond acceptors (Lipinski definition) is 3. The molecule has 0 spiro atoms. The fourth-order valence-electron chi connectivity index (χ4n) is 3.19. The molecular formula is C23H25ClN4O2. The lowest BCUT2D eigenvalue weighted by atomic mass is 10.0. The second-order valence-electron chi connectivity index (χ2n) is 7.69. The second kappa shape index (κ2) is 8.71. The number of hydrogen-bond donors (Lipinski definition) is 1. The molecule has 2 aromatic carbocycles. The Kier molecular flexibility index (Phi) is 6.27. The van der Waals surface area contributed by atoms with Gasteiger partial charge in [-0.3, -0.25) is 9.59 Å². The molecule has 3 rings (SSSR count). The lowest BCUT2D eigenvalue weighted by molar-refractivity contribution is 0.0827. The van der Waals surface area contributed by atoms with Crippen molar-refractivity contribution in [2.24, 2.45) is 0 Å². The van der Waals surface area contributed by atoms with Crippen LogP contribution in [0.5, 0.6) is 0 Å². The van der Waals surface area contributed by atoms with Crippen molar-refractivity contribution in [3.8, 4) is 5.69 Å². The first-order valence-electron chi connectivity index (χ1n) is 9.66. The predicted octanol–water partition coefficient (Wildman–Crippen LogP) is 4.91. The molecule has 1 aromatic heterocycles. The summed E-state index contributed by atoms with van der Waals surface area (Å²) in [5.74, 6) is -0.391. The molecule has 156 valence electrons. The minimum absolute atomic E-state index is 0.0817. The first-order chi connectivity index (χ1) is 14.2. The Morgan fingerprint density at radius 2 is 1.73 bits per heavy atom. The van der Waals surface area contributed by atoms with Gasteiger partial charge in [-0.05, 0) is 43.2 Å². The minimum atomic E-state index is -0.278. The molecule has 0 saturated carbocycles. The first-order valence-corrected chi connectivity index (χ1v) is 10.0. The van der Waals surface area contributed by atoms with Crippen molar-refractivity contribution in [2.75, 3.05) is 19.4 Å². The van der Waals surface area contributed by atoms with Gasteiger partial charge in [-0.15, -0.1) is 0 Å². The molecule has 6 nitrogen and oxygen atoms in total. The van der Waals surface area contributed by atoms with Crippen LogP contribution in [-0.2, 0) is 0 Å². The van der Waals surface area contributed by atoms with E-state index >= 15 is 0 Å². The monoisotopic (exact) mass is 424 g/mol. The van der Waals surface area contributed by atoms with E-state index in [0.717, 1.165) is 16.9 Å². The molecule has 0 bridgehead atoms. The number of benzene rings is 2. The zero-order valence-corrected chi connectivity index (χ0v) is 18.5. The fourth-order valence-corrected chi connectivity index (χ4v) is 3.45. The molecule has 1 N–H and O–H groups in total. The van der Waals surface area contributed by atoms with Crippen LogP contribution in [0.4, 0.5) is 5.69 Å². The summed E-state index contributed by atoms with van der Waals surface area (Å²) in [5.41, 5.74) is 4.27. The highest BCUT2D eigenvalue weighted by Gasteiger charge is 2.21. The number of aromatic nitrogens is 2. The second-order valence-corrected chi connectivity index (χ2v) is 8.10. The third kappa shape index (κ3) is 4.39. The lowest BCUT2D eigenvalue weighted by Gasteiger charge is -2.14. The molecule has 0 atom stereocenters. The summed E-state index contributed by atoms with van der Waals surface area (Å²) in [5, 5.41) is 7.60. The van der Waals surface area contributed by atoms with Gasteiger partial charge >= 0.3 is 0 Å². The Balaban J connectivity index is 1.90. The number of rotatable bonds is 5. The summed E-state index contributed by atoms with van der Waals surface area (Å²) < 4.78 is 1.80. The summed E-state index contributed by atoms with van der Waals surface area (Å²) in [6.07, 6.45) is 1.58. The number of nitrogens with one attached hydrogen (secondary N) is 1. The van der Waals surface area contributed by atoms with Crippen LogP contribution >= 0.6 is 11.6 Å². The molecule has 30 heavy (non-hydrogen) atoms. The molecule has 0 radical (unpaired) electrons. The van der Waals surface area contributed by atoms with Gasteiger partial charge in [0, 0.05) is 19.8 Å². The third-order valence-electron chi connectivity index (χ3n) is 4.74. The summed E-state index contributed by atoms with van der Waals surface area (Å²) >= 11 is 6.26. The molecule has 1 heterocycles. The van der Waals surface area contributed by atoms with Crippen molar-refractivity contribution < 1.29 is 9.59 Å². The Morgan fingerprint density at radius 1 is 1.07 bits per heavy atom. The zero-order chi connectivity index (χ0) is 22.0. The average molecular weight is 425 g/mol. The molecule has 7 heteroatoms. The zero-order valence-electron chi connectivity index (χ0n) is 17.7. The van der Waals surface area contributed by atoms with Crippen molar-refractivity contribution in [1.82, 2.24) is 14.7 Å². The number of anilines is 1. The van der Waals surface area contributed by atoms with Crippen LogP contribution in [0.15, 0.2) is 48.7 Å². The van der Waals surface area contributed by atoms with E-state index < -0.39 is 0 Å². The molecule has 0 saturated heterocycles. The van der Waals surface area contributed by atoms with Gasteiger partial charge in [-0.25, -0.2) is 4.68 Å². The largest absolute Gasteiger partial charge is 0.345 e. The number of aryl methyl sites for hydroxylation is 1. The van der Waals surface area contributed by atoms with Crippen LogP contribution in [-0.4, -0.2) is 40.6 Å². The van der Waals surface area contributed by atoms with E-state index in [1.165, 1.54) is 4.90 Å². The molecule has 0 aliphatic carbocycles. The topological polar surface area (TPSA) is 67.2 Å². The van der Waals surface area contributed by atoms with Crippen LogP contribution in [0.2, 0.25) is 5.02 Å². The van der Waals surface area contributed by atoms with Gasteiger partial charge in [-0.1, -0.05) is 43.1 Å². The minimum Gasteiger partial charge on any atom is -0.345 e. The number of carbonyl (C=O) groups excluding carboxylic acids is 2. The third-order valence-corrected chi connectivity index (χ3v) is 5.05. The van der Waals surface area contributed by atoms with E-state index in [9.17, 15) is 9.59 Å². The van der Waals surface area contributed by atoms with E-state index in [4.69, 9.17) is 11.6 Å². The SMILES string of the molecule is Cc1ccc(-n2ncc(C(=O)Nc3ccc(C(=O)N(C)C)c(Cl)c3)c2C(C)C)cc1. The van der Waals surface area contributed by atoms with Crippen LogP contribution in [0.1, 0.15) is 51.7 Å². The normalized spacial score (nSPS) is 10.9. The lowest BCUT2D eigenvalue weighted by Crippen LogP contribution is -2.22. The maximum atomic E-state index is 13.0. The average Bonchev–Trinajstić information content (AvgIpc) is 3.13. The first kappa shape index (κ1) is 21.6. The maximum absolute atomic E-state index is 13.0. The van der Waals surface area contributed by atoms with Gasteiger partial charge in [-0.2, -0.15) is 5.10 Å².